The molecule has 6 nitrogen and oxygen atoms in total. The Balaban J connectivity index is 2.33. The molecule has 0 bridgehead atoms. The highest BCUT2D eigenvalue weighted by molar-refractivity contribution is 7.92. The average molecular weight is 314 g/mol. The van der Waals surface area contributed by atoms with Crippen LogP contribution < -0.4 is 0 Å². The van der Waals surface area contributed by atoms with Crippen molar-refractivity contribution in [2.75, 3.05) is 18.6 Å². The van der Waals surface area contributed by atoms with Gasteiger partial charge in [-0.25, -0.2) is 16.8 Å². The van der Waals surface area contributed by atoms with Gasteiger partial charge in [0.05, 0.1) is 28.0 Å². The summed E-state index contributed by atoms with van der Waals surface area (Å²) in [4.78, 5) is 0.00310. The molecule has 1 saturated heterocycles. The Bertz CT molecular complexity index is 763. The third kappa shape index (κ3) is 2.85. The van der Waals surface area contributed by atoms with Crippen LogP contribution >= 0.6 is 0 Å². The monoisotopic (exact) mass is 314 g/mol. The number of hydrogen-bond acceptors (Lipinski definition) is 5. The molecule has 0 aromatic heterocycles. The summed E-state index contributed by atoms with van der Waals surface area (Å²) in [5.41, 5.74) is 0.249. The second-order valence-electron chi connectivity index (χ2n) is 4.72. The van der Waals surface area contributed by atoms with Gasteiger partial charge in [-0.3, -0.25) is 0 Å². The van der Waals surface area contributed by atoms with Gasteiger partial charge in [0.1, 0.15) is 0 Å². The summed E-state index contributed by atoms with van der Waals surface area (Å²) in [6, 6.07) is 7.03. The number of rotatable bonds is 3. The lowest BCUT2D eigenvalue weighted by Crippen LogP contribution is -2.37. The number of sulfonamides is 1. The Morgan fingerprint density at radius 2 is 2.10 bits per heavy atom. The van der Waals surface area contributed by atoms with E-state index in [1.807, 2.05) is 6.07 Å². The van der Waals surface area contributed by atoms with Crippen LogP contribution in [0.3, 0.4) is 0 Å². The Hall–Kier alpha value is -1.43. The standard InChI is InChI=1S/C12H14N2O4S2/c1-14(11-5-6-19(15,16)9-11)20(17,18)12-4-2-3-10(7-12)8-13/h2-4,7,11H,5-6,9H2,1H3/t11-/m0/s1. The lowest BCUT2D eigenvalue weighted by Gasteiger charge is -2.22. The minimum Gasteiger partial charge on any atom is -0.229 e. The van der Waals surface area contributed by atoms with E-state index >= 15 is 0 Å². The molecular weight excluding hydrogens is 300 g/mol. The van der Waals surface area contributed by atoms with Crippen LogP contribution in [-0.4, -0.2) is 45.7 Å². The summed E-state index contributed by atoms with van der Waals surface area (Å²) in [6.45, 7) is 0. The molecule has 20 heavy (non-hydrogen) atoms. The quantitative estimate of drug-likeness (QED) is 0.803. The molecule has 1 aromatic rings. The molecule has 108 valence electrons. The molecular formula is C12H14N2O4S2. The van der Waals surface area contributed by atoms with Crippen molar-refractivity contribution in [3.63, 3.8) is 0 Å². The van der Waals surface area contributed by atoms with Crippen LogP contribution in [0.1, 0.15) is 12.0 Å². The van der Waals surface area contributed by atoms with Crippen LogP contribution in [-0.2, 0) is 19.9 Å². The first-order valence-electron chi connectivity index (χ1n) is 5.95. The predicted molar refractivity (Wildman–Crippen MR) is 73.2 cm³/mol. The van der Waals surface area contributed by atoms with Crippen molar-refractivity contribution >= 4 is 19.9 Å². The zero-order valence-corrected chi connectivity index (χ0v) is 12.5. The van der Waals surface area contributed by atoms with Crippen molar-refractivity contribution in [2.24, 2.45) is 0 Å². The molecule has 0 spiro atoms. The second-order valence-corrected chi connectivity index (χ2v) is 8.94. The molecule has 1 atom stereocenters. The number of nitrogens with zero attached hydrogens (tertiary/aromatic N) is 2. The minimum absolute atomic E-state index is 0.00310. The number of hydrogen-bond donors (Lipinski definition) is 0. The van der Waals surface area contributed by atoms with Gasteiger partial charge in [-0.05, 0) is 24.6 Å². The van der Waals surface area contributed by atoms with Crippen molar-refractivity contribution in [3.05, 3.63) is 29.8 Å². The minimum atomic E-state index is -3.79. The maximum atomic E-state index is 12.4. The topological polar surface area (TPSA) is 95.3 Å². The maximum Gasteiger partial charge on any atom is 0.243 e. The van der Waals surface area contributed by atoms with E-state index in [1.165, 1.54) is 31.3 Å². The van der Waals surface area contributed by atoms with Crippen LogP contribution in [0, 0.1) is 11.3 Å². The number of sulfone groups is 1. The fourth-order valence-electron chi connectivity index (χ4n) is 2.15. The van der Waals surface area contributed by atoms with Gasteiger partial charge in [0.2, 0.25) is 10.0 Å². The lowest BCUT2D eigenvalue weighted by atomic mass is 10.2. The van der Waals surface area contributed by atoms with E-state index in [9.17, 15) is 16.8 Å². The fourth-order valence-corrected chi connectivity index (χ4v) is 5.45. The molecule has 1 aromatic carbocycles. The summed E-state index contributed by atoms with van der Waals surface area (Å²) in [6.07, 6.45) is 0.302. The van der Waals surface area contributed by atoms with Crippen molar-refractivity contribution in [1.82, 2.24) is 4.31 Å². The zero-order valence-electron chi connectivity index (χ0n) is 10.9. The molecule has 1 aliphatic heterocycles. The van der Waals surface area contributed by atoms with Gasteiger partial charge in [0.15, 0.2) is 9.84 Å². The highest BCUT2D eigenvalue weighted by atomic mass is 32.2. The SMILES string of the molecule is CN([C@H]1CCS(=O)(=O)C1)S(=O)(=O)c1cccc(C#N)c1. The van der Waals surface area contributed by atoms with Gasteiger partial charge >= 0.3 is 0 Å². The molecule has 2 rings (SSSR count). The third-order valence-electron chi connectivity index (χ3n) is 3.36. The first-order chi connectivity index (χ1) is 9.26. The fraction of sp³-hybridized carbons (Fsp3) is 0.417. The van der Waals surface area contributed by atoms with Gasteiger partial charge in [-0.15, -0.1) is 0 Å². The first-order valence-corrected chi connectivity index (χ1v) is 9.21. The smallest absolute Gasteiger partial charge is 0.229 e. The lowest BCUT2D eigenvalue weighted by molar-refractivity contribution is 0.394. The van der Waals surface area contributed by atoms with Crippen LogP contribution in [0.25, 0.3) is 0 Å². The summed E-state index contributed by atoms with van der Waals surface area (Å²) < 4.78 is 48.8. The highest BCUT2D eigenvalue weighted by Crippen LogP contribution is 2.23. The van der Waals surface area contributed by atoms with Crippen molar-refractivity contribution in [2.45, 2.75) is 17.4 Å². The van der Waals surface area contributed by atoms with Crippen molar-refractivity contribution in [1.29, 1.82) is 5.26 Å². The molecule has 0 unspecified atom stereocenters. The molecule has 0 amide bonds. The van der Waals surface area contributed by atoms with Crippen molar-refractivity contribution < 1.29 is 16.8 Å². The van der Waals surface area contributed by atoms with E-state index in [2.05, 4.69) is 0 Å². The van der Waals surface area contributed by atoms with E-state index in [4.69, 9.17) is 5.26 Å². The highest BCUT2D eigenvalue weighted by Gasteiger charge is 2.36. The summed E-state index contributed by atoms with van der Waals surface area (Å²) in [7, 11) is -5.57. The van der Waals surface area contributed by atoms with Crippen molar-refractivity contribution in [3.8, 4) is 6.07 Å². The third-order valence-corrected chi connectivity index (χ3v) is 7.02. The van der Waals surface area contributed by atoms with E-state index in [0.717, 1.165) is 4.31 Å². The Morgan fingerprint density at radius 3 is 2.65 bits per heavy atom. The van der Waals surface area contributed by atoms with Gasteiger partial charge < -0.3 is 0 Å². The molecule has 0 radical (unpaired) electrons. The normalized spacial score (nSPS) is 21.8. The summed E-state index contributed by atoms with van der Waals surface area (Å²) >= 11 is 0. The largest absolute Gasteiger partial charge is 0.243 e. The Kier molecular flexibility index (Phi) is 3.86. The second kappa shape index (κ2) is 5.16. The molecule has 0 N–H and O–H groups in total. The van der Waals surface area contributed by atoms with Gasteiger partial charge in [-0.1, -0.05) is 6.07 Å². The maximum absolute atomic E-state index is 12.4. The van der Waals surface area contributed by atoms with Crippen LogP contribution in [0.5, 0.6) is 0 Å². The molecule has 0 saturated carbocycles. The van der Waals surface area contributed by atoms with E-state index in [0.29, 0.717) is 6.42 Å². The summed E-state index contributed by atoms with van der Waals surface area (Å²) in [5, 5.41) is 8.81. The summed E-state index contributed by atoms with van der Waals surface area (Å²) in [5.74, 6) is -0.142. The molecule has 0 aliphatic carbocycles. The van der Waals surface area contributed by atoms with Gasteiger partial charge in [0.25, 0.3) is 0 Å². The van der Waals surface area contributed by atoms with Gasteiger partial charge in [0, 0.05) is 13.1 Å². The molecule has 8 heteroatoms. The average Bonchev–Trinajstić information content (AvgIpc) is 2.78. The number of benzene rings is 1. The Labute approximate surface area is 118 Å². The molecule has 1 fully saturated rings. The van der Waals surface area contributed by atoms with Crippen LogP contribution in [0.2, 0.25) is 0 Å². The Morgan fingerprint density at radius 1 is 1.40 bits per heavy atom. The predicted octanol–water partition coefficient (Wildman–Crippen LogP) is 0.366. The zero-order chi connectivity index (χ0) is 15.0. The molecule has 1 heterocycles. The van der Waals surface area contributed by atoms with E-state index in [-0.39, 0.29) is 22.0 Å². The first kappa shape index (κ1) is 15.0. The number of nitriles is 1. The van der Waals surface area contributed by atoms with Gasteiger partial charge in [-0.2, -0.15) is 9.57 Å². The van der Waals surface area contributed by atoms with Crippen LogP contribution in [0.15, 0.2) is 29.2 Å². The molecule has 1 aliphatic rings. The van der Waals surface area contributed by atoms with Crippen LogP contribution in [0.4, 0.5) is 0 Å². The van der Waals surface area contributed by atoms with E-state index in [1.54, 1.807) is 0 Å². The van der Waals surface area contributed by atoms with E-state index < -0.39 is 25.9 Å².